The Bertz CT molecular complexity index is 726. The summed E-state index contributed by atoms with van der Waals surface area (Å²) in [5.41, 5.74) is 1.84. The maximum Gasteiger partial charge on any atom is 0.231 e. The van der Waals surface area contributed by atoms with Gasteiger partial charge in [-0.25, -0.2) is 9.97 Å². The van der Waals surface area contributed by atoms with Gasteiger partial charge in [0.1, 0.15) is 10.8 Å². The predicted molar refractivity (Wildman–Crippen MR) is 84.1 cm³/mol. The third-order valence-electron chi connectivity index (χ3n) is 2.85. The molecule has 0 bridgehead atoms. The van der Waals surface area contributed by atoms with E-state index in [0.29, 0.717) is 5.82 Å². The zero-order valence-corrected chi connectivity index (χ0v) is 12.0. The molecule has 0 saturated carbocycles. The first-order valence-electron chi connectivity index (χ1n) is 6.52. The van der Waals surface area contributed by atoms with Crippen LogP contribution in [0.1, 0.15) is 5.69 Å². The standard InChI is InChI=1S/C16H13N3OS/c20-15(19-14-8-4-5-9-17-14)10-13-11-21-16(18-13)12-6-2-1-3-7-12/h1-9,11H,10H2,(H,17,19,20). The van der Waals surface area contributed by atoms with Crippen LogP contribution in [0.4, 0.5) is 5.82 Å². The van der Waals surface area contributed by atoms with Crippen LogP contribution < -0.4 is 5.32 Å². The molecule has 4 nitrogen and oxygen atoms in total. The number of anilines is 1. The summed E-state index contributed by atoms with van der Waals surface area (Å²) in [5, 5.41) is 5.60. The topological polar surface area (TPSA) is 54.9 Å². The van der Waals surface area contributed by atoms with Crippen molar-refractivity contribution in [3.8, 4) is 10.6 Å². The van der Waals surface area contributed by atoms with Crippen molar-refractivity contribution in [1.29, 1.82) is 0 Å². The van der Waals surface area contributed by atoms with Gasteiger partial charge in [-0.3, -0.25) is 4.79 Å². The average molecular weight is 295 g/mol. The second kappa shape index (κ2) is 6.28. The Labute approximate surface area is 126 Å². The van der Waals surface area contributed by atoms with E-state index in [0.717, 1.165) is 16.3 Å². The van der Waals surface area contributed by atoms with Crippen LogP contribution in [-0.4, -0.2) is 15.9 Å². The fourth-order valence-electron chi connectivity index (χ4n) is 1.89. The zero-order chi connectivity index (χ0) is 14.5. The van der Waals surface area contributed by atoms with Gasteiger partial charge in [0, 0.05) is 17.1 Å². The van der Waals surface area contributed by atoms with Crippen LogP contribution in [0.3, 0.4) is 0 Å². The molecule has 3 aromatic rings. The minimum atomic E-state index is -0.112. The average Bonchev–Trinajstić information content (AvgIpc) is 2.97. The van der Waals surface area contributed by atoms with Gasteiger partial charge in [-0.1, -0.05) is 36.4 Å². The van der Waals surface area contributed by atoms with Gasteiger partial charge >= 0.3 is 0 Å². The van der Waals surface area contributed by atoms with Crippen molar-refractivity contribution in [1.82, 2.24) is 9.97 Å². The Kier molecular flexibility index (Phi) is 4.02. The van der Waals surface area contributed by atoms with Gasteiger partial charge in [-0.15, -0.1) is 11.3 Å². The van der Waals surface area contributed by atoms with Crippen LogP contribution in [0.2, 0.25) is 0 Å². The number of pyridine rings is 1. The summed E-state index contributed by atoms with van der Waals surface area (Å²) in [5.74, 6) is 0.444. The molecule has 0 fully saturated rings. The molecule has 0 radical (unpaired) electrons. The normalized spacial score (nSPS) is 10.3. The molecule has 2 aromatic heterocycles. The molecule has 0 saturated heterocycles. The van der Waals surface area contributed by atoms with E-state index < -0.39 is 0 Å². The van der Waals surface area contributed by atoms with Crippen LogP contribution in [0.25, 0.3) is 10.6 Å². The van der Waals surface area contributed by atoms with E-state index in [-0.39, 0.29) is 12.3 Å². The van der Waals surface area contributed by atoms with Gasteiger partial charge in [0.15, 0.2) is 0 Å². The van der Waals surface area contributed by atoms with Crippen molar-refractivity contribution in [3.05, 3.63) is 65.8 Å². The molecule has 0 spiro atoms. The molecule has 0 unspecified atom stereocenters. The Hall–Kier alpha value is -2.53. The van der Waals surface area contributed by atoms with Gasteiger partial charge in [-0.05, 0) is 12.1 Å². The van der Waals surface area contributed by atoms with Crippen LogP contribution >= 0.6 is 11.3 Å². The molecule has 2 heterocycles. The molecule has 1 aromatic carbocycles. The maximum atomic E-state index is 11.9. The lowest BCUT2D eigenvalue weighted by molar-refractivity contribution is -0.115. The first-order chi connectivity index (χ1) is 10.3. The lowest BCUT2D eigenvalue weighted by Crippen LogP contribution is -2.15. The fourth-order valence-corrected chi connectivity index (χ4v) is 2.72. The third kappa shape index (κ3) is 3.52. The summed E-state index contributed by atoms with van der Waals surface area (Å²) in [6.07, 6.45) is 1.89. The van der Waals surface area contributed by atoms with Gasteiger partial charge in [0.25, 0.3) is 0 Å². The number of thiazole rings is 1. The number of aromatic nitrogens is 2. The molecule has 1 amide bonds. The van der Waals surface area contributed by atoms with Crippen molar-refractivity contribution >= 4 is 23.1 Å². The van der Waals surface area contributed by atoms with E-state index in [9.17, 15) is 4.79 Å². The highest BCUT2D eigenvalue weighted by molar-refractivity contribution is 7.13. The van der Waals surface area contributed by atoms with E-state index in [2.05, 4.69) is 15.3 Å². The summed E-state index contributed by atoms with van der Waals surface area (Å²) in [7, 11) is 0. The molecule has 5 heteroatoms. The SMILES string of the molecule is O=C(Cc1csc(-c2ccccc2)n1)Nc1ccccn1. The molecule has 0 aliphatic carbocycles. The lowest BCUT2D eigenvalue weighted by atomic mass is 10.2. The smallest absolute Gasteiger partial charge is 0.231 e. The Balaban J connectivity index is 1.66. The van der Waals surface area contributed by atoms with E-state index in [1.54, 1.807) is 23.6 Å². The molecular weight excluding hydrogens is 282 g/mol. The molecular formula is C16H13N3OS. The minimum Gasteiger partial charge on any atom is -0.310 e. The van der Waals surface area contributed by atoms with Gasteiger partial charge in [-0.2, -0.15) is 0 Å². The number of hydrogen-bond donors (Lipinski definition) is 1. The van der Waals surface area contributed by atoms with Crippen molar-refractivity contribution in [2.75, 3.05) is 5.32 Å². The van der Waals surface area contributed by atoms with Crippen molar-refractivity contribution in [3.63, 3.8) is 0 Å². The molecule has 0 aliphatic heterocycles. The highest BCUT2D eigenvalue weighted by Crippen LogP contribution is 2.23. The van der Waals surface area contributed by atoms with Gasteiger partial charge in [0.05, 0.1) is 12.1 Å². The number of carbonyl (C=O) groups excluding carboxylic acids is 1. The highest BCUT2D eigenvalue weighted by atomic mass is 32.1. The molecule has 1 N–H and O–H groups in total. The van der Waals surface area contributed by atoms with Crippen molar-refractivity contribution < 1.29 is 4.79 Å². The van der Waals surface area contributed by atoms with Gasteiger partial charge in [0.2, 0.25) is 5.91 Å². The van der Waals surface area contributed by atoms with Crippen molar-refractivity contribution in [2.45, 2.75) is 6.42 Å². The fraction of sp³-hybridized carbons (Fsp3) is 0.0625. The number of carbonyl (C=O) groups is 1. The summed E-state index contributed by atoms with van der Waals surface area (Å²) in [4.78, 5) is 20.5. The number of benzene rings is 1. The monoisotopic (exact) mass is 295 g/mol. The Morgan fingerprint density at radius 3 is 2.67 bits per heavy atom. The second-order valence-electron chi connectivity index (χ2n) is 4.45. The molecule has 0 atom stereocenters. The molecule has 3 rings (SSSR count). The first kappa shape index (κ1) is 13.5. The number of rotatable bonds is 4. The first-order valence-corrected chi connectivity index (χ1v) is 7.40. The van der Waals surface area contributed by atoms with Crippen LogP contribution in [0.5, 0.6) is 0 Å². The maximum absolute atomic E-state index is 11.9. The van der Waals surface area contributed by atoms with Crippen molar-refractivity contribution in [2.24, 2.45) is 0 Å². The Morgan fingerprint density at radius 2 is 1.90 bits per heavy atom. The van der Waals surface area contributed by atoms with E-state index in [4.69, 9.17) is 0 Å². The van der Waals surface area contributed by atoms with E-state index in [1.165, 1.54) is 0 Å². The molecule has 21 heavy (non-hydrogen) atoms. The number of amides is 1. The predicted octanol–water partition coefficient (Wildman–Crippen LogP) is 3.39. The van der Waals surface area contributed by atoms with Crippen LogP contribution in [0.15, 0.2) is 60.1 Å². The minimum absolute atomic E-state index is 0.112. The molecule has 104 valence electrons. The second-order valence-corrected chi connectivity index (χ2v) is 5.31. The lowest BCUT2D eigenvalue weighted by Gasteiger charge is -2.01. The number of hydrogen-bond acceptors (Lipinski definition) is 4. The summed E-state index contributed by atoms with van der Waals surface area (Å²) in [6.45, 7) is 0. The van der Waals surface area contributed by atoms with E-state index in [1.807, 2.05) is 47.8 Å². The van der Waals surface area contributed by atoms with Crippen LogP contribution in [-0.2, 0) is 11.2 Å². The zero-order valence-electron chi connectivity index (χ0n) is 11.2. The van der Waals surface area contributed by atoms with Crippen LogP contribution in [0, 0.1) is 0 Å². The third-order valence-corrected chi connectivity index (χ3v) is 3.79. The summed E-state index contributed by atoms with van der Waals surface area (Å²) < 4.78 is 0. The van der Waals surface area contributed by atoms with Gasteiger partial charge < -0.3 is 5.32 Å². The van der Waals surface area contributed by atoms with E-state index >= 15 is 0 Å². The Morgan fingerprint density at radius 1 is 1.10 bits per heavy atom. The number of nitrogens with zero attached hydrogens (tertiary/aromatic N) is 2. The molecule has 0 aliphatic rings. The number of nitrogens with one attached hydrogen (secondary N) is 1. The highest BCUT2D eigenvalue weighted by Gasteiger charge is 2.09. The summed E-state index contributed by atoms with van der Waals surface area (Å²) in [6, 6.07) is 15.3. The quantitative estimate of drug-likeness (QED) is 0.802. The summed E-state index contributed by atoms with van der Waals surface area (Å²) >= 11 is 1.54. The largest absolute Gasteiger partial charge is 0.310 e.